The largest absolute Gasteiger partial charge is 0.392 e. The molecule has 162 valence electrons. The predicted octanol–water partition coefficient (Wildman–Crippen LogP) is 3.90. The first-order valence-corrected chi connectivity index (χ1v) is 10.5. The number of methoxy groups -OCH3 is 1. The van der Waals surface area contributed by atoms with Crippen LogP contribution in [0, 0.1) is 0 Å². The van der Waals surface area contributed by atoms with Crippen LogP contribution < -0.4 is 5.73 Å². The summed E-state index contributed by atoms with van der Waals surface area (Å²) in [5.74, 6) is 1.26. The number of nitrogens with two attached hydrogens (primary N) is 1. The standard InChI is InChI=1S/C24H28N4O3/c1-3-31-15-21-27-22-23(28(21)11-4-12-30-2)19-10-9-18(13-20(19)26-24(22)25)17-7-5-16(14-29)6-8-17/h5-10,13,29H,3-4,11-12,14-15H2,1-2H3,(H2,25,26). The van der Waals surface area contributed by atoms with Crippen molar-refractivity contribution in [2.24, 2.45) is 0 Å². The maximum Gasteiger partial charge on any atom is 0.152 e. The average Bonchev–Trinajstić information content (AvgIpc) is 3.17. The third-order valence-electron chi connectivity index (χ3n) is 5.42. The second kappa shape index (κ2) is 9.43. The first-order chi connectivity index (χ1) is 15.2. The van der Waals surface area contributed by atoms with Gasteiger partial charge in [0.1, 0.15) is 17.9 Å². The molecule has 2 heterocycles. The van der Waals surface area contributed by atoms with Crippen molar-refractivity contribution >= 4 is 27.8 Å². The van der Waals surface area contributed by atoms with E-state index in [1.165, 1.54) is 0 Å². The van der Waals surface area contributed by atoms with E-state index in [0.29, 0.717) is 31.2 Å². The highest BCUT2D eigenvalue weighted by molar-refractivity contribution is 6.07. The number of anilines is 1. The number of imidazole rings is 1. The van der Waals surface area contributed by atoms with Gasteiger partial charge >= 0.3 is 0 Å². The number of aryl methyl sites for hydroxylation is 1. The van der Waals surface area contributed by atoms with Gasteiger partial charge in [0.05, 0.1) is 17.6 Å². The minimum Gasteiger partial charge on any atom is -0.392 e. The Morgan fingerprint density at radius 2 is 1.84 bits per heavy atom. The number of fused-ring (bicyclic) bond motifs is 3. The normalized spacial score (nSPS) is 11.6. The van der Waals surface area contributed by atoms with E-state index in [1.54, 1.807) is 7.11 Å². The molecule has 3 N–H and O–H groups in total. The highest BCUT2D eigenvalue weighted by Gasteiger charge is 2.18. The molecule has 0 aliphatic carbocycles. The number of aliphatic hydroxyl groups is 1. The van der Waals surface area contributed by atoms with Gasteiger partial charge in [-0.2, -0.15) is 0 Å². The molecule has 0 aliphatic heterocycles. The summed E-state index contributed by atoms with van der Waals surface area (Å²) in [6.45, 7) is 4.47. The molecule has 0 saturated carbocycles. The Kier molecular flexibility index (Phi) is 6.46. The van der Waals surface area contributed by atoms with Crippen molar-refractivity contribution in [1.82, 2.24) is 14.5 Å². The molecule has 0 spiro atoms. The Bertz CT molecular complexity index is 1190. The van der Waals surface area contributed by atoms with E-state index in [2.05, 4.69) is 21.7 Å². The van der Waals surface area contributed by atoms with Crippen LogP contribution in [0.25, 0.3) is 33.1 Å². The highest BCUT2D eigenvalue weighted by atomic mass is 16.5. The summed E-state index contributed by atoms with van der Waals surface area (Å²) in [6, 6.07) is 14.1. The van der Waals surface area contributed by atoms with Crippen LogP contribution in [0.4, 0.5) is 5.82 Å². The Labute approximate surface area is 181 Å². The molecular formula is C24H28N4O3. The highest BCUT2D eigenvalue weighted by Crippen LogP contribution is 2.32. The minimum absolute atomic E-state index is 0.0329. The quantitative estimate of drug-likeness (QED) is 0.399. The number of aliphatic hydroxyl groups excluding tert-OH is 1. The number of pyridine rings is 1. The van der Waals surface area contributed by atoms with Gasteiger partial charge in [0, 0.05) is 32.3 Å². The molecule has 31 heavy (non-hydrogen) atoms. The third-order valence-corrected chi connectivity index (χ3v) is 5.42. The van der Waals surface area contributed by atoms with Gasteiger partial charge in [0.15, 0.2) is 5.82 Å². The van der Waals surface area contributed by atoms with Gasteiger partial charge in [-0.3, -0.25) is 0 Å². The lowest BCUT2D eigenvalue weighted by Gasteiger charge is -2.11. The molecule has 2 aromatic carbocycles. The Balaban J connectivity index is 1.85. The first kappa shape index (κ1) is 21.2. The smallest absolute Gasteiger partial charge is 0.152 e. The van der Waals surface area contributed by atoms with E-state index >= 15 is 0 Å². The van der Waals surface area contributed by atoms with Gasteiger partial charge in [-0.1, -0.05) is 36.4 Å². The van der Waals surface area contributed by atoms with Gasteiger partial charge in [-0.25, -0.2) is 9.97 Å². The lowest BCUT2D eigenvalue weighted by atomic mass is 10.0. The van der Waals surface area contributed by atoms with E-state index in [4.69, 9.17) is 20.2 Å². The molecule has 0 amide bonds. The lowest BCUT2D eigenvalue weighted by Crippen LogP contribution is -2.08. The summed E-state index contributed by atoms with van der Waals surface area (Å²) in [5, 5.41) is 10.3. The van der Waals surface area contributed by atoms with E-state index in [0.717, 1.165) is 51.9 Å². The third kappa shape index (κ3) is 4.25. The van der Waals surface area contributed by atoms with E-state index < -0.39 is 0 Å². The molecule has 4 rings (SSSR count). The molecular weight excluding hydrogens is 392 g/mol. The molecule has 0 atom stereocenters. The Morgan fingerprint density at radius 3 is 2.55 bits per heavy atom. The van der Waals surface area contributed by atoms with Crippen molar-refractivity contribution in [1.29, 1.82) is 0 Å². The molecule has 2 aromatic heterocycles. The van der Waals surface area contributed by atoms with Gasteiger partial charge in [-0.15, -0.1) is 0 Å². The predicted molar refractivity (Wildman–Crippen MR) is 123 cm³/mol. The zero-order valence-corrected chi connectivity index (χ0v) is 18.0. The van der Waals surface area contributed by atoms with E-state index in [-0.39, 0.29) is 6.61 Å². The summed E-state index contributed by atoms with van der Waals surface area (Å²) < 4.78 is 13.1. The van der Waals surface area contributed by atoms with Crippen molar-refractivity contribution in [2.75, 3.05) is 26.1 Å². The molecule has 0 saturated heterocycles. The van der Waals surface area contributed by atoms with Crippen LogP contribution >= 0.6 is 0 Å². The van der Waals surface area contributed by atoms with Crippen LogP contribution in [0.2, 0.25) is 0 Å². The maximum atomic E-state index is 9.28. The monoisotopic (exact) mass is 420 g/mol. The number of hydrogen-bond acceptors (Lipinski definition) is 6. The first-order valence-electron chi connectivity index (χ1n) is 10.5. The van der Waals surface area contributed by atoms with Crippen LogP contribution in [0.1, 0.15) is 24.7 Å². The van der Waals surface area contributed by atoms with Crippen LogP contribution in [0.15, 0.2) is 42.5 Å². The zero-order chi connectivity index (χ0) is 21.8. The minimum atomic E-state index is 0.0329. The van der Waals surface area contributed by atoms with E-state index in [9.17, 15) is 5.11 Å². The SMILES string of the molecule is CCOCc1nc2c(N)nc3cc(-c4ccc(CO)cc4)ccc3c2n1CCCOC. The number of benzene rings is 2. The Hall–Kier alpha value is -3.00. The molecule has 4 aromatic rings. The number of nitrogen functional groups attached to an aromatic ring is 1. The molecule has 0 unspecified atom stereocenters. The summed E-state index contributed by atoms with van der Waals surface area (Å²) in [5.41, 5.74) is 11.8. The van der Waals surface area contributed by atoms with Crippen LogP contribution in [0.5, 0.6) is 0 Å². The van der Waals surface area contributed by atoms with Crippen molar-refractivity contribution in [3.8, 4) is 11.1 Å². The summed E-state index contributed by atoms with van der Waals surface area (Å²) in [4.78, 5) is 9.42. The number of hydrogen-bond donors (Lipinski definition) is 2. The second-order valence-electron chi connectivity index (χ2n) is 7.44. The fourth-order valence-electron chi connectivity index (χ4n) is 3.85. The molecule has 0 radical (unpaired) electrons. The maximum absolute atomic E-state index is 9.28. The van der Waals surface area contributed by atoms with Crippen LogP contribution in [-0.2, 0) is 29.2 Å². The van der Waals surface area contributed by atoms with Gasteiger partial charge in [0.2, 0.25) is 0 Å². The van der Waals surface area contributed by atoms with Crippen LogP contribution in [0.3, 0.4) is 0 Å². The topological polar surface area (TPSA) is 95.4 Å². The summed E-state index contributed by atoms with van der Waals surface area (Å²) >= 11 is 0. The number of rotatable bonds is 9. The van der Waals surface area contributed by atoms with Gasteiger partial charge in [0.25, 0.3) is 0 Å². The van der Waals surface area contributed by atoms with Gasteiger partial charge < -0.3 is 24.9 Å². The summed E-state index contributed by atoms with van der Waals surface area (Å²) in [6.07, 6.45) is 0.861. The lowest BCUT2D eigenvalue weighted by molar-refractivity contribution is 0.125. The van der Waals surface area contributed by atoms with Crippen molar-refractivity contribution in [3.63, 3.8) is 0 Å². The molecule has 0 bridgehead atoms. The fraction of sp³-hybridized carbons (Fsp3) is 0.333. The van der Waals surface area contributed by atoms with Crippen molar-refractivity contribution in [2.45, 2.75) is 33.1 Å². The van der Waals surface area contributed by atoms with Crippen molar-refractivity contribution in [3.05, 3.63) is 53.9 Å². The van der Waals surface area contributed by atoms with Crippen molar-refractivity contribution < 1.29 is 14.6 Å². The number of nitrogens with zero attached hydrogens (tertiary/aromatic N) is 3. The fourth-order valence-corrected chi connectivity index (χ4v) is 3.85. The summed E-state index contributed by atoms with van der Waals surface area (Å²) in [7, 11) is 1.71. The average molecular weight is 421 g/mol. The van der Waals surface area contributed by atoms with E-state index in [1.807, 2.05) is 37.3 Å². The molecule has 0 fully saturated rings. The molecule has 7 heteroatoms. The number of ether oxygens (including phenoxy) is 2. The number of aromatic nitrogens is 3. The zero-order valence-electron chi connectivity index (χ0n) is 18.0. The molecule has 0 aliphatic rings. The molecule has 7 nitrogen and oxygen atoms in total. The second-order valence-corrected chi connectivity index (χ2v) is 7.44. The van der Waals surface area contributed by atoms with Gasteiger partial charge in [-0.05, 0) is 36.1 Å². The van der Waals surface area contributed by atoms with Crippen LogP contribution in [-0.4, -0.2) is 40.0 Å². The Morgan fingerprint density at radius 1 is 1.06 bits per heavy atom.